The number of carbonyl (C=O) groups is 2. The molecule has 0 aliphatic heterocycles. The lowest BCUT2D eigenvalue weighted by molar-refractivity contribution is -0.138. The molecule has 0 saturated carbocycles. The van der Waals surface area contributed by atoms with Crippen molar-refractivity contribution in [1.29, 1.82) is 0 Å². The van der Waals surface area contributed by atoms with Crippen molar-refractivity contribution in [3.63, 3.8) is 0 Å². The fourth-order valence-corrected chi connectivity index (χ4v) is 2.34. The smallest absolute Gasteiger partial charge is 0.346 e. The van der Waals surface area contributed by atoms with Gasteiger partial charge in [0.1, 0.15) is 17.1 Å². The van der Waals surface area contributed by atoms with Gasteiger partial charge in [0.15, 0.2) is 0 Å². The highest BCUT2D eigenvalue weighted by atomic mass is 16.6. The van der Waals surface area contributed by atoms with Gasteiger partial charge in [-0.3, -0.25) is 4.79 Å². The zero-order valence-electron chi connectivity index (χ0n) is 14.7. The summed E-state index contributed by atoms with van der Waals surface area (Å²) in [6.07, 6.45) is -1.06. The number of hydrogen-bond acceptors (Lipinski definition) is 5. The van der Waals surface area contributed by atoms with Crippen molar-refractivity contribution in [3.8, 4) is 11.5 Å². The maximum absolute atomic E-state index is 12.8. The number of nitrogens with zero attached hydrogens (tertiary/aromatic N) is 1. The first-order valence-corrected chi connectivity index (χ1v) is 7.67. The number of ether oxygens (including phenoxy) is 3. The summed E-state index contributed by atoms with van der Waals surface area (Å²) in [5, 5.41) is 0. The van der Waals surface area contributed by atoms with Gasteiger partial charge in [-0.15, -0.1) is 0 Å². The Hall–Kier alpha value is -3.02. The highest BCUT2D eigenvalue weighted by Gasteiger charge is 2.29. The lowest BCUT2D eigenvalue weighted by atomic mass is 10.1. The Balaban J connectivity index is 2.40. The molecule has 0 aliphatic carbocycles. The Bertz CT molecular complexity index is 720. The zero-order chi connectivity index (χ0) is 18.4. The normalized spacial score (nSPS) is 11.4. The van der Waals surface area contributed by atoms with Crippen molar-refractivity contribution in [2.24, 2.45) is 0 Å². The maximum atomic E-state index is 12.8. The van der Waals surface area contributed by atoms with Crippen molar-refractivity contribution in [1.82, 2.24) is 4.90 Å². The molecule has 2 aromatic rings. The number of methoxy groups -OCH3 is 2. The molecule has 1 atom stereocenters. The van der Waals surface area contributed by atoms with E-state index in [2.05, 4.69) is 0 Å². The summed E-state index contributed by atoms with van der Waals surface area (Å²) < 4.78 is 16.0. The first kappa shape index (κ1) is 18.3. The molecule has 6 nitrogen and oxygen atoms in total. The van der Waals surface area contributed by atoms with Gasteiger partial charge >= 0.3 is 5.97 Å². The van der Waals surface area contributed by atoms with Crippen LogP contribution in [0.1, 0.15) is 22.0 Å². The van der Waals surface area contributed by atoms with Crippen LogP contribution in [0.4, 0.5) is 0 Å². The van der Waals surface area contributed by atoms with Crippen LogP contribution in [0.25, 0.3) is 0 Å². The molecule has 0 saturated heterocycles. The van der Waals surface area contributed by atoms with E-state index in [1.54, 1.807) is 56.6 Å². The molecule has 0 radical (unpaired) electrons. The van der Waals surface area contributed by atoms with Crippen molar-refractivity contribution >= 4 is 11.9 Å². The van der Waals surface area contributed by atoms with Crippen LogP contribution in [0.5, 0.6) is 11.5 Å². The number of esters is 1. The van der Waals surface area contributed by atoms with E-state index in [4.69, 9.17) is 14.2 Å². The summed E-state index contributed by atoms with van der Waals surface area (Å²) >= 11 is 0. The third-order valence-electron chi connectivity index (χ3n) is 3.62. The molecule has 2 rings (SSSR count). The van der Waals surface area contributed by atoms with Crippen LogP contribution in [0.15, 0.2) is 48.5 Å². The molecule has 132 valence electrons. The molecule has 1 amide bonds. The van der Waals surface area contributed by atoms with E-state index >= 15 is 0 Å². The topological polar surface area (TPSA) is 65.1 Å². The third kappa shape index (κ3) is 4.09. The fraction of sp³-hybridized carbons (Fsp3) is 0.263. The largest absolute Gasteiger partial charge is 0.496 e. The van der Waals surface area contributed by atoms with Crippen LogP contribution >= 0.6 is 0 Å². The van der Waals surface area contributed by atoms with Gasteiger partial charge in [0.25, 0.3) is 5.91 Å². The quantitative estimate of drug-likeness (QED) is 0.755. The molecule has 0 fully saturated rings. The Morgan fingerprint density at radius 3 is 1.92 bits per heavy atom. The average Bonchev–Trinajstić information content (AvgIpc) is 2.65. The van der Waals surface area contributed by atoms with Crippen LogP contribution in [-0.4, -0.2) is 45.1 Å². The third-order valence-corrected chi connectivity index (χ3v) is 3.62. The predicted molar refractivity (Wildman–Crippen MR) is 92.8 cm³/mol. The van der Waals surface area contributed by atoms with Crippen LogP contribution in [0.2, 0.25) is 0 Å². The summed E-state index contributed by atoms with van der Waals surface area (Å²) in [7, 11) is 6.11. The molecule has 2 aromatic carbocycles. The number of carbonyl (C=O) groups excluding carboxylic acids is 2. The van der Waals surface area contributed by atoms with Gasteiger partial charge in [-0.25, -0.2) is 4.79 Å². The van der Waals surface area contributed by atoms with E-state index in [-0.39, 0.29) is 11.5 Å². The monoisotopic (exact) mass is 343 g/mol. The fourth-order valence-electron chi connectivity index (χ4n) is 2.34. The number of benzene rings is 2. The van der Waals surface area contributed by atoms with Crippen LogP contribution < -0.4 is 9.47 Å². The number of likely N-dealkylation sites (N-methyl/N-ethyl adjacent to an activating group) is 1. The number of rotatable bonds is 6. The molecule has 0 bridgehead atoms. The minimum Gasteiger partial charge on any atom is -0.496 e. The van der Waals surface area contributed by atoms with Crippen LogP contribution in [0, 0.1) is 0 Å². The van der Waals surface area contributed by atoms with Crippen molar-refractivity contribution in [2.45, 2.75) is 6.10 Å². The molecule has 0 heterocycles. The summed E-state index contributed by atoms with van der Waals surface area (Å²) in [5.74, 6) is -0.409. The molecule has 0 aliphatic rings. The van der Waals surface area contributed by atoms with E-state index in [9.17, 15) is 9.59 Å². The Labute approximate surface area is 146 Å². The molecule has 0 spiro atoms. The molecule has 6 heteroatoms. The van der Waals surface area contributed by atoms with Gasteiger partial charge in [-0.2, -0.15) is 0 Å². The Morgan fingerprint density at radius 2 is 1.44 bits per heavy atom. The van der Waals surface area contributed by atoms with Crippen molar-refractivity contribution in [3.05, 3.63) is 59.7 Å². The lowest BCUT2D eigenvalue weighted by Gasteiger charge is -2.22. The standard InChI is InChI=1S/C19H21NO5/c1-20(2)18(21)17(13-9-6-5-7-10-13)25-19(22)16-14(23-3)11-8-12-15(16)24-4/h5-12,17H,1-4H3/t17-/m0/s1. The highest BCUT2D eigenvalue weighted by Crippen LogP contribution is 2.31. The van der Waals surface area contributed by atoms with Crippen LogP contribution in [0.3, 0.4) is 0 Å². The molecular weight excluding hydrogens is 322 g/mol. The molecule has 0 unspecified atom stereocenters. The SMILES string of the molecule is COc1cccc(OC)c1C(=O)O[C@H](C(=O)N(C)C)c1ccccc1. The van der Waals surface area contributed by atoms with E-state index in [1.807, 2.05) is 6.07 Å². The van der Waals surface area contributed by atoms with E-state index < -0.39 is 12.1 Å². The number of amides is 1. The molecular formula is C19H21NO5. The summed E-state index contributed by atoms with van der Waals surface area (Å²) in [5.41, 5.74) is 0.725. The minimum absolute atomic E-state index is 0.139. The average molecular weight is 343 g/mol. The summed E-state index contributed by atoms with van der Waals surface area (Å²) in [4.78, 5) is 26.6. The van der Waals surface area contributed by atoms with Crippen LogP contribution in [-0.2, 0) is 9.53 Å². The van der Waals surface area contributed by atoms with Gasteiger partial charge in [-0.05, 0) is 12.1 Å². The van der Waals surface area contributed by atoms with Gasteiger partial charge in [-0.1, -0.05) is 36.4 Å². The van der Waals surface area contributed by atoms with Gasteiger partial charge in [0.2, 0.25) is 6.10 Å². The van der Waals surface area contributed by atoms with Gasteiger partial charge in [0.05, 0.1) is 14.2 Å². The predicted octanol–water partition coefficient (Wildman–Crippen LogP) is 2.69. The summed E-state index contributed by atoms with van der Waals surface area (Å²) in [6.45, 7) is 0. The Morgan fingerprint density at radius 1 is 0.880 bits per heavy atom. The lowest BCUT2D eigenvalue weighted by Crippen LogP contribution is -2.31. The second-order valence-electron chi connectivity index (χ2n) is 5.47. The zero-order valence-corrected chi connectivity index (χ0v) is 14.7. The minimum atomic E-state index is -1.06. The van der Waals surface area contributed by atoms with Gasteiger partial charge in [0, 0.05) is 19.7 Å². The van der Waals surface area contributed by atoms with E-state index in [1.165, 1.54) is 19.1 Å². The molecule has 0 aromatic heterocycles. The maximum Gasteiger partial charge on any atom is 0.346 e. The van der Waals surface area contributed by atoms with E-state index in [0.717, 1.165) is 0 Å². The Kier molecular flexibility index (Phi) is 6.00. The first-order chi connectivity index (χ1) is 12.0. The second kappa shape index (κ2) is 8.19. The van der Waals surface area contributed by atoms with E-state index in [0.29, 0.717) is 17.1 Å². The second-order valence-corrected chi connectivity index (χ2v) is 5.47. The van der Waals surface area contributed by atoms with Gasteiger partial charge < -0.3 is 19.1 Å². The van der Waals surface area contributed by atoms with Crippen molar-refractivity contribution in [2.75, 3.05) is 28.3 Å². The summed E-state index contributed by atoms with van der Waals surface area (Å²) in [6, 6.07) is 13.8. The number of hydrogen-bond donors (Lipinski definition) is 0. The first-order valence-electron chi connectivity index (χ1n) is 7.67. The highest BCUT2D eigenvalue weighted by molar-refractivity contribution is 5.97. The van der Waals surface area contributed by atoms with Crippen molar-refractivity contribution < 1.29 is 23.8 Å². The molecule has 0 N–H and O–H groups in total. The molecule has 25 heavy (non-hydrogen) atoms.